The smallest absolute Gasteiger partial charge is 0.243 e. The fourth-order valence-electron chi connectivity index (χ4n) is 3.03. The van der Waals surface area contributed by atoms with Gasteiger partial charge in [0, 0.05) is 11.8 Å². The van der Waals surface area contributed by atoms with Crippen LogP contribution in [0, 0.1) is 0 Å². The lowest BCUT2D eigenvalue weighted by molar-refractivity contribution is -0.114. The first kappa shape index (κ1) is 20.6. The second-order valence-electron chi connectivity index (χ2n) is 7.09. The van der Waals surface area contributed by atoms with E-state index < -0.39 is 0 Å². The molecule has 1 amide bonds. The van der Waals surface area contributed by atoms with Crippen molar-refractivity contribution in [3.8, 4) is 11.5 Å². The maximum absolute atomic E-state index is 12.5. The van der Waals surface area contributed by atoms with E-state index in [9.17, 15) is 4.79 Å². The van der Waals surface area contributed by atoms with Gasteiger partial charge in [-0.1, -0.05) is 45.9 Å². The molecule has 5 heteroatoms. The minimum atomic E-state index is -0.144. The maximum atomic E-state index is 12.5. The van der Waals surface area contributed by atoms with Crippen LogP contribution in [-0.4, -0.2) is 26.7 Å². The molecule has 0 unspecified atom stereocenters. The van der Waals surface area contributed by atoms with Gasteiger partial charge < -0.3 is 20.1 Å². The Hall–Kier alpha value is -2.69. The number of anilines is 2. The van der Waals surface area contributed by atoms with Crippen molar-refractivity contribution in [3.05, 3.63) is 47.5 Å². The minimum absolute atomic E-state index is 0.144. The predicted molar refractivity (Wildman–Crippen MR) is 111 cm³/mol. The van der Waals surface area contributed by atoms with E-state index >= 15 is 0 Å². The van der Waals surface area contributed by atoms with Crippen molar-refractivity contribution in [1.29, 1.82) is 0 Å². The van der Waals surface area contributed by atoms with Crippen molar-refractivity contribution < 1.29 is 14.3 Å². The first-order valence-corrected chi connectivity index (χ1v) is 9.25. The summed E-state index contributed by atoms with van der Waals surface area (Å²) in [5.74, 6) is 1.84. The topological polar surface area (TPSA) is 59.6 Å². The standard InChI is InChI=1S/C22H30N2O3/c1-14(2)17-8-7-9-18(15(3)4)22(17)23-13-21(25)24-19-12-16(26-5)10-11-20(19)27-6/h7-12,14-15,23H,13H2,1-6H3,(H,24,25). The third-order valence-corrected chi connectivity index (χ3v) is 4.48. The molecule has 0 saturated carbocycles. The molecular weight excluding hydrogens is 340 g/mol. The molecule has 0 spiro atoms. The van der Waals surface area contributed by atoms with Gasteiger partial charge in [0.15, 0.2) is 0 Å². The van der Waals surface area contributed by atoms with Crippen LogP contribution in [0.1, 0.15) is 50.7 Å². The van der Waals surface area contributed by atoms with Gasteiger partial charge in [-0.3, -0.25) is 4.79 Å². The van der Waals surface area contributed by atoms with Gasteiger partial charge in [-0.25, -0.2) is 0 Å². The highest BCUT2D eigenvalue weighted by Crippen LogP contribution is 2.32. The first-order valence-electron chi connectivity index (χ1n) is 9.25. The number of para-hydroxylation sites is 1. The molecule has 0 aromatic heterocycles. The molecule has 0 heterocycles. The van der Waals surface area contributed by atoms with Gasteiger partial charge in [0.25, 0.3) is 0 Å². The molecule has 2 aromatic carbocycles. The number of benzene rings is 2. The minimum Gasteiger partial charge on any atom is -0.497 e. The van der Waals surface area contributed by atoms with Crippen LogP contribution in [0.4, 0.5) is 11.4 Å². The molecule has 0 radical (unpaired) electrons. The van der Waals surface area contributed by atoms with Gasteiger partial charge in [0.05, 0.1) is 26.5 Å². The number of hydrogen-bond acceptors (Lipinski definition) is 4. The van der Waals surface area contributed by atoms with E-state index in [1.165, 1.54) is 11.1 Å². The van der Waals surface area contributed by atoms with Gasteiger partial charge in [-0.15, -0.1) is 0 Å². The first-order chi connectivity index (χ1) is 12.9. The molecule has 0 aliphatic heterocycles. The Morgan fingerprint density at radius 1 is 0.963 bits per heavy atom. The second kappa shape index (κ2) is 9.31. The summed E-state index contributed by atoms with van der Waals surface area (Å²) in [5.41, 5.74) is 4.07. The van der Waals surface area contributed by atoms with Crippen LogP contribution in [0.25, 0.3) is 0 Å². The quantitative estimate of drug-likeness (QED) is 0.686. The van der Waals surface area contributed by atoms with Gasteiger partial charge in [-0.2, -0.15) is 0 Å². The van der Waals surface area contributed by atoms with Crippen LogP contribution >= 0.6 is 0 Å². The molecule has 27 heavy (non-hydrogen) atoms. The number of ether oxygens (including phenoxy) is 2. The summed E-state index contributed by atoms with van der Waals surface area (Å²) < 4.78 is 10.5. The third-order valence-electron chi connectivity index (χ3n) is 4.48. The third kappa shape index (κ3) is 5.16. The van der Waals surface area contributed by atoms with Crippen molar-refractivity contribution in [3.63, 3.8) is 0 Å². The fraction of sp³-hybridized carbons (Fsp3) is 0.409. The molecule has 0 saturated heterocycles. The summed E-state index contributed by atoms with van der Waals surface area (Å²) >= 11 is 0. The highest BCUT2D eigenvalue weighted by Gasteiger charge is 2.15. The Bertz CT molecular complexity index is 759. The number of carbonyl (C=O) groups excluding carboxylic acids is 1. The molecule has 146 valence electrons. The molecule has 0 fully saturated rings. The Balaban J connectivity index is 2.17. The van der Waals surface area contributed by atoms with E-state index in [1.807, 2.05) is 0 Å². The molecule has 0 bridgehead atoms. The number of methoxy groups -OCH3 is 2. The number of amides is 1. The highest BCUT2D eigenvalue weighted by molar-refractivity contribution is 5.95. The predicted octanol–water partition coefficient (Wildman–Crippen LogP) is 5.00. The zero-order valence-electron chi connectivity index (χ0n) is 17.1. The van der Waals surface area contributed by atoms with Crippen molar-refractivity contribution >= 4 is 17.3 Å². The molecule has 2 aromatic rings. The summed E-state index contributed by atoms with van der Waals surface area (Å²) in [7, 11) is 3.16. The normalized spacial score (nSPS) is 10.8. The van der Waals surface area contributed by atoms with E-state index in [-0.39, 0.29) is 12.5 Å². The van der Waals surface area contributed by atoms with Crippen LogP contribution in [-0.2, 0) is 4.79 Å². The molecule has 0 atom stereocenters. The van der Waals surface area contributed by atoms with E-state index in [0.29, 0.717) is 29.0 Å². The SMILES string of the molecule is COc1ccc(OC)c(NC(=O)CNc2c(C(C)C)cccc2C(C)C)c1. The molecule has 2 N–H and O–H groups in total. The van der Waals surface area contributed by atoms with E-state index in [2.05, 4.69) is 56.5 Å². The largest absolute Gasteiger partial charge is 0.497 e. The van der Waals surface area contributed by atoms with Crippen molar-refractivity contribution in [1.82, 2.24) is 0 Å². The lowest BCUT2D eigenvalue weighted by Crippen LogP contribution is -2.23. The molecular formula is C22H30N2O3. The van der Waals surface area contributed by atoms with Crippen LogP contribution in [0.5, 0.6) is 11.5 Å². The summed E-state index contributed by atoms with van der Waals surface area (Å²) in [6.45, 7) is 8.80. The van der Waals surface area contributed by atoms with Crippen molar-refractivity contribution in [2.24, 2.45) is 0 Å². The van der Waals surface area contributed by atoms with Crippen molar-refractivity contribution in [2.75, 3.05) is 31.4 Å². The van der Waals surface area contributed by atoms with Gasteiger partial charge in [-0.05, 0) is 35.1 Å². The van der Waals surface area contributed by atoms with E-state index in [1.54, 1.807) is 32.4 Å². The van der Waals surface area contributed by atoms with Crippen molar-refractivity contribution in [2.45, 2.75) is 39.5 Å². The molecule has 0 aliphatic carbocycles. The molecule has 2 rings (SSSR count). The van der Waals surface area contributed by atoms with Crippen LogP contribution in [0.2, 0.25) is 0 Å². The van der Waals surface area contributed by atoms with Crippen LogP contribution < -0.4 is 20.1 Å². The Kier molecular flexibility index (Phi) is 7.11. The van der Waals surface area contributed by atoms with E-state index in [0.717, 1.165) is 5.69 Å². The Morgan fingerprint density at radius 2 is 1.59 bits per heavy atom. The number of hydrogen-bond donors (Lipinski definition) is 2. The number of rotatable bonds is 8. The zero-order chi connectivity index (χ0) is 20.0. The highest BCUT2D eigenvalue weighted by atomic mass is 16.5. The van der Waals surface area contributed by atoms with Crippen LogP contribution in [0.3, 0.4) is 0 Å². The average molecular weight is 370 g/mol. The monoisotopic (exact) mass is 370 g/mol. The number of carbonyl (C=O) groups is 1. The Labute approximate surface area is 162 Å². The summed E-state index contributed by atoms with van der Waals surface area (Å²) in [5, 5.41) is 6.24. The van der Waals surface area contributed by atoms with E-state index in [4.69, 9.17) is 9.47 Å². The summed E-state index contributed by atoms with van der Waals surface area (Å²) in [4.78, 5) is 12.5. The second-order valence-corrected chi connectivity index (χ2v) is 7.09. The lowest BCUT2D eigenvalue weighted by atomic mass is 9.92. The summed E-state index contributed by atoms with van der Waals surface area (Å²) in [6, 6.07) is 11.6. The zero-order valence-corrected chi connectivity index (χ0v) is 17.1. The van der Waals surface area contributed by atoms with Gasteiger partial charge >= 0.3 is 0 Å². The lowest BCUT2D eigenvalue weighted by Gasteiger charge is -2.21. The maximum Gasteiger partial charge on any atom is 0.243 e. The fourth-order valence-corrected chi connectivity index (χ4v) is 3.03. The number of nitrogens with one attached hydrogen (secondary N) is 2. The summed E-state index contributed by atoms with van der Waals surface area (Å²) in [6.07, 6.45) is 0. The van der Waals surface area contributed by atoms with Gasteiger partial charge in [0.1, 0.15) is 11.5 Å². The van der Waals surface area contributed by atoms with Gasteiger partial charge in [0.2, 0.25) is 5.91 Å². The average Bonchev–Trinajstić information content (AvgIpc) is 2.65. The molecule has 5 nitrogen and oxygen atoms in total. The van der Waals surface area contributed by atoms with Crippen LogP contribution in [0.15, 0.2) is 36.4 Å². The molecule has 0 aliphatic rings. The Morgan fingerprint density at radius 3 is 2.11 bits per heavy atom.